The van der Waals surface area contributed by atoms with Gasteiger partial charge in [-0.05, 0) is 83.2 Å². The van der Waals surface area contributed by atoms with E-state index < -0.39 is 0 Å². The minimum atomic E-state index is -0.153. The van der Waals surface area contributed by atoms with Gasteiger partial charge in [-0.3, -0.25) is 4.79 Å². The van der Waals surface area contributed by atoms with Gasteiger partial charge in [-0.15, -0.1) is 0 Å². The zero-order valence-corrected chi connectivity index (χ0v) is 29.8. The van der Waals surface area contributed by atoms with Crippen LogP contribution >= 0.6 is 0 Å². The highest BCUT2D eigenvalue weighted by atomic mass is 16.5. The zero-order valence-electron chi connectivity index (χ0n) is 29.8. The second-order valence-corrected chi connectivity index (χ2v) is 13.8. The van der Waals surface area contributed by atoms with E-state index in [1.54, 1.807) is 0 Å². The van der Waals surface area contributed by atoms with E-state index in [1.807, 2.05) is 30.3 Å². The highest BCUT2D eigenvalue weighted by molar-refractivity contribution is 5.84. The molecule has 0 aliphatic carbocycles. The zero-order chi connectivity index (χ0) is 34.7. The maximum Gasteiger partial charge on any atom is 0.306 e. The molecular formula is C46H50N2O2. The van der Waals surface area contributed by atoms with E-state index in [-0.39, 0.29) is 12.0 Å². The van der Waals surface area contributed by atoms with Crippen LogP contribution < -0.4 is 4.90 Å². The summed E-state index contributed by atoms with van der Waals surface area (Å²) in [4.78, 5) is 15.1. The summed E-state index contributed by atoms with van der Waals surface area (Å²) in [5.74, 6) is 0.488. The number of esters is 1. The lowest BCUT2D eigenvalue weighted by Gasteiger charge is -2.34. The molecule has 0 bridgehead atoms. The number of ether oxygens (including phenoxy) is 1. The first-order valence-electron chi connectivity index (χ1n) is 18.2. The van der Waals surface area contributed by atoms with Crippen molar-refractivity contribution < 1.29 is 9.53 Å². The van der Waals surface area contributed by atoms with E-state index in [0.717, 1.165) is 44.3 Å². The normalized spacial score (nSPS) is 11.9. The predicted octanol–water partition coefficient (Wildman–Crippen LogP) is 11.1. The van der Waals surface area contributed by atoms with Crippen molar-refractivity contribution in [2.24, 2.45) is 5.92 Å². The van der Waals surface area contributed by atoms with Crippen molar-refractivity contribution in [3.63, 3.8) is 0 Å². The monoisotopic (exact) mass is 662 g/mol. The summed E-state index contributed by atoms with van der Waals surface area (Å²) in [7, 11) is 0. The Morgan fingerprint density at radius 1 is 0.740 bits per heavy atom. The minimum absolute atomic E-state index is 0.153. The molecule has 1 atom stereocenters. The highest BCUT2D eigenvalue weighted by Gasteiger charge is 2.21. The van der Waals surface area contributed by atoms with Gasteiger partial charge in [0.25, 0.3) is 0 Å². The molecule has 0 spiro atoms. The third-order valence-corrected chi connectivity index (χ3v) is 9.50. The second-order valence-electron chi connectivity index (χ2n) is 13.8. The van der Waals surface area contributed by atoms with Crippen LogP contribution in [0.3, 0.4) is 0 Å². The Hall–Kier alpha value is -5.09. The lowest BCUT2D eigenvalue weighted by molar-refractivity contribution is -0.145. The van der Waals surface area contributed by atoms with Crippen LogP contribution in [0, 0.1) is 5.92 Å². The summed E-state index contributed by atoms with van der Waals surface area (Å²) in [5, 5.41) is 1.26. The molecule has 0 saturated carbocycles. The van der Waals surface area contributed by atoms with Gasteiger partial charge < -0.3 is 14.2 Å². The number of benzene rings is 5. The molecule has 0 saturated heterocycles. The van der Waals surface area contributed by atoms with E-state index in [9.17, 15) is 4.79 Å². The van der Waals surface area contributed by atoms with Crippen molar-refractivity contribution in [1.82, 2.24) is 4.57 Å². The van der Waals surface area contributed by atoms with Crippen LogP contribution in [-0.4, -0.2) is 10.5 Å². The number of para-hydroxylation sites is 1. The summed E-state index contributed by atoms with van der Waals surface area (Å²) in [6.45, 7) is 8.78. The molecule has 6 aromatic rings. The van der Waals surface area contributed by atoms with Crippen LogP contribution in [0.25, 0.3) is 10.9 Å². The van der Waals surface area contributed by atoms with Gasteiger partial charge in [-0.1, -0.05) is 136 Å². The number of rotatable bonds is 16. The first-order chi connectivity index (χ1) is 24.5. The number of nitrogens with zero attached hydrogens (tertiary/aromatic N) is 2. The third-order valence-electron chi connectivity index (χ3n) is 9.50. The molecule has 6 rings (SSSR count). The molecule has 1 aromatic heterocycles. The number of anilines is 1. The molecule has 1 heterocycles. The quantitative estimate of drug-likeness (QED) is 0.0968. The fourth-order valence-electron chi connectivity index (χ4n) is 7.06. The first kappa shape index (κ1) is 34.8. The number of carbonyl (C=O) groups excluding carboxylic acids is 1. The molecule has 1 unspecified atom stereocenters. The molecule has 4 nitrogen and oxygen atoms in total. The molecule has 50 heavy (non-hydrogen) atoms. The average Bonchev–Trinajstić information content (AvgIpc) is 3.48. The van der Waals surface area contributed by atoms with Crippen molar-refractivity contribution in [2.75, 3.05) is 4.90 Å². The number of hydrogen-bond acceptors (Lipinski definition) is 3. The van der Waals surface area contributed by atoms with Gasteiger partial charge >= 0.3 is 5.97 Å². The van der Waals surface area contributed by atoms with Gasteiger partial charge in [-0.25, -0.2) is 0 Å². The van der Waals surface area contributed by atoms with E-state index >= 15 is 0 Å². The van der Waals surface area contributed by atoms with Crippen LogP contribution in [0.15, 0.2) is 140 Å². The maximum atomic E-state index is 12.5. The predicted molar refractivity (Wildman–Crippen MR) is 207 cm³/mol. The van der Waals surface area contributed by atoms with E-state index in [2.05, 4.69) is 140 Å². The van der Waals surface area contributed by atoms with Crippen molar-refractivity contribution in [2.45, 2.75) is 78.6 Å². The Labute approximate surface area is 298 Å². The van der Waals surface area contributed by atoms with Gasteiger partial charge in [0.15, 0.2) is 0 Å². The van der Waals surface area contributed by atoms with Crippen LogP contribution in [0.5, 0.6) is 0 Å². The van der Waals surface area contributed by atoms with Crippen molar-refractivity contribution in [3.05, 3.63) is 173 Å². The summed E-state index contributed by atoms with van der Waals surface area (Å²) >= 11 is 0. The standard InChI is InChI=1S/C46H50N2O2/c1-4-44(40-26-24-36(25-27-40)29-35(2)3)48(32-37-15-7-5-8-16-37)42-20-13-19-39(31-42)30-41-33-47(45-22-12-11-21-43(41)45)28-14-23-46(49)50-34-38-17-9-6-10-18-38/h5-13,15-22,24-27,31,33,35,44H,4,14,23,28-30,32,34H2,1-3H3. The lowest BCUT2D eigenvalue weighted by atomic mass is 9.96. The molecule has 0 aliphatic rings. The van der Waals surface area contributed by atoms with E-state index in [4.69, 9.17) is 4.74 Å². The Balaban J connectivity index is 1.20. The lowest BCUT2D eigenvalue weighted by Crippen LogP contribution is -2.28. The summed E-state index contributed by atoms with van der Waals surface area (Å²) in [6.07, 6.45) is 6.35. The molecule has 0 radical (unpaired) electrons. The van der Waals surface area contributed by atoms with E-state index in [1.165, 1.54) is 44.4 Å². The molecule has 0 amide bonds. The molecule has 4 heteroatoms. The largest absolute Gasteiger partial charge is 0.461 e. The Morgan fingerprint density at radius 3 is 2.14 bits per heavy atom. The summed E-state index contributed by atoms with van der Waals surface area (Å²) in [5.41, 5.74) is 10.1. The number of aryl methyl sites for hydroxylation is 1. The Kier molecular flexibility index (Phi) is 11.8. The number of carbonyl (C=O) groups is 1. The van der Waals surface area contributed by atoms with Crippen molar-refractivity contribution in [3.8, 4) is 0 Å². The van der Waals surface area contributed by atoms with Crippen molar-refractivity contribution >= 4 is 22.6 Å². The smallest absolute Gasteiger partial charge is 0.306 e. The molecule has 256 valence electrons. The van der Waals surface area contributed by atoms with Crippen LogP contribution in [-0.2, 0) is 42.1 Å². The number of aromatic nitrogens is 1. The second kappa shape index (κ2) is 17.0. The van der Waals surface area contributed by atoms with Crippen molar-refractivity contribution in [1.29, 1.82) is 0 Å². The van der Waals surface area contributed by atoms with Gasteiger partial charge in [-0.2, -0.15) is 0 Å². The van der Waals surface area contributed by atoms with Gasteiger partial charge in [0, 0.05) is 42.3 Å². The van der Waals surface area contributed by atoms with Gasteiger partial charge in [0.2, 0.25) is 0 Å². The molecular weight excluding hydrogens is 613 g/mol. The third kappa shape index (κ3) is 9.12. The molecule has 0 fully saturated rings. The van der Waals surface area contributed by atoms with E-state index in [0.29, 0.717) is 18.9 Å². The van der Waals surface area contributed by atoms with Crippen LogP contribution in [0.2, 0.25) is 0 Å². The summed E-state index contributed by atoms with van der Waals surface area (Å²) < 4.78 is 7.83. The Bertz CT molecular complexity index is 1940. The van der Waals surface area contributed by atoms with Gasteiger partial charge in [0.1, 0.15) is 6.61 Å². The highest BCUT2D eigenvalue weighted by Crippen LogP contribution is 2.34. The van der Waals surface area contributed by atoms with Crippen LogP contribution in [0.1, 0.15) is 79.5 Å². The molecule has 0 aliphatic heterocycles. The maximum absolute atomic E-state index is 12.5. The molecule has 0 N–H and O–H groups in total. The number of fused-ring (bicyclic) bond motifs is 1. The summed E-state index contributed by atoms with van der Waals surface area (Å²) in [6, 6.07) is 48.0. The topological polar surface area (TPSA) is 34.5 Å². The average molecular weight is 663 g/mol. The minimum Gasteiger partial charge on any atom is -0.461 e. The van der Waals surface area contributed by atoms with Crippen LogP contribution in [0.4, 0.5) is 5.69 Å². The molecule has 5 aromatic carbocycles. The fourth-order valence-corrected chi connectivity index (χ4v) is 7.06. The number of hydrogen-bond donors (Lipinski definition) is 0. The van der Waals surface area contributed by atoms with Gasteiger partial charge in [0.05, 0.1) is 6.04 Å². The fraction of sp³-hybridized carbons (Fsp3) is 0.283. The SMILES string of the molecule is CCC(c1ccc(CC(C)C)cc1)N(Cc1ccccc1)c1cccc(Cc2cn(CCCC(=O)OCc3ccccc3)c3ccccc23)c1. The first-order valence-corrected chi connectivity index (χ1v) is 18.2. The Morgan fingerprint density at radius 2 is 1.42 bits per heavy atom.